The molecule has 1 aliphatic heterocycles. The van der Waals surface area contributed by atoms with Crippen molar-refractivity contribution in [3.8, 4) is 0 Å². The number of hydrogen-bond donors (Lipinski definition) is 0. The Kier molecular flexibility index (Phi) is 5.29. The molecule has 0 spiro atoms. The molecule has 0 aromatic heterocycles. The van der Waals surface area contributed by atoms with Crippen molar-refractivity contribution >= 4 is 6.09 Å². The van der Waals surface area contributed by atoms with E-state index in [-0.39, 0.29) is 12.2 Å². The van der Waals surface area contributed by atoms with Crippen LogP contribution >= 0.6 is 0 Å². The third-order valence-corrected chi connectivity index (χ3v) is 3.86. The smallest absolute Gasteiger partial charge is 0.410 e. The average Bonchev–Trinajstić information content (AvgIpc) is 2.23. The van der Waals surface area contributed by atoms with E-state index < -0.39 is 0 Å². The summed E-state index contributed by atoms with van der Waals surface area (Å²) in [6, 6.07) is 0. The molecule has 0 radical (unpaired) electrons. The van der Waals surface area contributed by atoms with Crippen molar-refractivity contribution in [1.82, 2.24) is 4.90 Å². The van der Waals surface area contributed by atoms with E-state index in [0.29, 0.717) is 17.8 Å². The van der Waals surface area contributed by atoms with Gasteiger partial charge in [-0.2, -0.15) is 0 Å². The maximum absolute atomic E-state index is 11.9. The molecule has 1 rings (SSSR count). The summed E-state index contributed by atoms with van der Waals surface area (Å²) in [6.45, 7) is 12.3. The number of carbonyl (C=O) groups excluding carboxylic acids is 1. The number of amides is 1. The van der Waals surface area contributed by atoms with E-state index in [1.165, 1.54) is 12.8 Å². The second-order valence-corrected chi connectivity index (χ2v) is 5.72. The third kappa shape index (κ3) is 3.90. The number of hydrogen-bond acceptors (Lipinski definition) is 2. The molecule has 17 heavy (non-hydrogen) atoms. The van der Waals surface area contributed by atoms with Crippen LogP contribution in [0, 0.1) is 17.8 Å². The molecule has 0 aromatic rings. The molecule has 3 atom stereocenters. The number of rotatable bonds is 3. The van der Waals surface area contributed by atoms with Crippen LogP contribution in [-0.4, -0.2) is 30.2 Å². The topological polar surface area (TPSA) is 29.5 Å². The lowest BCUT2D eigenvalue weighted by Gasteiger charge is -2.41. The summed E-state index contributed by atoms with van der Waals surface area (Å²) < 4.78 is 5.29. The van der Waals surface area contributed by atoms with Gasteiger partial charge in [-0.25, -0.2) is 4.79 Å². The largest absolute Gasteiger partial charge is 0.447 e. The predicted octanol–water partition coefficient (Wildman–Crippen LogP) is 3.54. The molecule has 3 heteroatoms. The van der Waals surface area contributed by atoms with Crippen LogP contribution in [0.5, 0.6) is 0 Å². The highest BCUT2D eigenvalue weighted by atomic mass is 16.6. The lowest BCUT2D eigenvalue weighted by molar-refractivity contribution is 0.0337. The van der Waals surface area contributed by atoms with Gasteiger partial charge in [0.1, 0.15) is 0 Å². The standard InChI is InChI=1S/C14H27NO2/c1-6-7-13-9-15(8-11(4)12(13)5)14(16)17-10(2)3/h10-13H,6-9H2,1-5H3. The normalized spacial score (nSPS) is 29.5. The van der Waals surface area contributed by atoms with Gasteiger partial charge in [0.25, 0.3) is 0 Å². The molecule has 1 amide bonds. The molecule has 1 saturated heterocycles. The van der Waals surface area contributed by atoms with Crippen molar-refractivity contribution < 1.29 is 9.53 Å². The molecule has 1 fully saturated rings. The maximum Gasteiger partial charge on any atom is 0.410 e. The fourth-order valence-electron chi connectivity index (χ4n) is 2.65. The van der Waals surface area contributed by atoms with Crippen molar-refractivity contribution in [2.75, 3.05) is 13.1 Å². The fourth-order valence-corrected chi connectivity index (χ4v) is 2.65. The molecule has 3 nitrogen and oxygen atoms in total. The fraction of sp³-hybridized carbons (Fsp3) is 0.929. The lowest BCUT2D eigenvalue weighted by atomic mass is 9.78. The van der Waals surface area contributed by atoms with Crippen LogP contribution < -0.4 is 0 Å². The zero-order valence-electron chi connectivity index (χ0n) is 11.9. The minimum atomic E-state index is -0.139. The second kappa shape index (κ2) is 6.27. The van der Waals surface area contributed by atoms with Crippen LogP contribution in [0.15, 0.2) is 0 Å². The van der Waals surface area contributed by atoms with Crippen LogP contribution in [0.2, 0.25) is 0 Å². The van der Waals surface area contributed by atoms with Gasteiger partial charge in [0, 0.05) is 13.1 Å². The lowest BCUT2D eigenvalue weighted by Crippen LogP contribution is -2.47. The van der Waals surface area contributed by atoms with E-state index in [1.54, 1.807) is 0 Å². The van der Waals surface area contributed by atoms with Gasteiger partial charge in [-0.1, -0.05) is 27.2 Å². The first-order chi connectivity index (χ1) is 7.95. The molecular formula is C14H27NO2. The summed E-state index contributed by atoms with van der Waals surface area (Å²) in [6.07, 6.45) is 2.23. The van der Waals surface area contributed by atoms with E-state index >= 15 is 0 Å². The number of nitrogens with zero attached hydrogens (tertiary/aromatic N) is 1. The van der Waals surface area contributed by atoms with E-state index in [9.17, 15) is 4.79 Å². The summed E-state index contributed by atoms with van der Waals surface area (Å²) in [5.41, 5.74) is 0. The number of ether oxygens (including phenoxy) is 1. The molecule has 3 unspecified atom stereocenters. The first-order valence-electron chi connectivity index (χ1n) is 6.91. The van der Waals surface area contributed by atoms with Crippen molar-refractivity contribution in [2.24, 2.45) is 17.8 Å². The van der Waals surface area contributed by atoms with Gasteiger partial charge in [0.05, 0.1) is 6.10 Å². The molecule has 1 aliphatic rings. The Bertz CT molecular complexity index is 253. The molecule has 0 saturated carbocycles. The Morgan fingerprint density at radius 3 is 2.53 bits per heavy atom. The quantitative estimate of drug-likeness (QED) is 0.756. The Morgan fingerprint density at radius 1 is 1.35 bits per heavy atom. The number of likely N-dealkylation sites (tertiary alicyclic amines) is 1. The molecule has 100 valence electrons. The summed E-state index contributed by atoms with van der Waals surface area (Å²) in [7, 11) is 0. The highest BCUT2D eigenvalue weighted by molar-refractivity contribution is 5.68. The molecule has 0 bridgehead atoms. The number of piperidine rings is 1. The van der Waals surface area contributed by atoms with E-state index in [0.717, 1.165) is 13.1 Å². The number of carbonyl (C=O) groups is 1. The monoisotopic (exact) mass is 241 g/mol. The Morgan fingerprint density at radius 2 is 2.00 bits per heavy atom. The molecular weight excluding hydrogens is 214 g/mol. The highest BCUT2D eigenvalue weighted by Gasteiger charge is 2.33. The Hall–Kier alpha value is -0.730. The maximum atomic E-state index is 11.9. The first kappa shape index (κ1) is 14.3. The van der Waals surface area contributed by atoms with Gasteiger partial charge in [0.2, 0.25) is 0 Å². The van der Waals surface area contributed by atoms with Crippen molar-refractivity contribution in [3.63, 3.8) is 0 Å². The molecule has 0 aromatic carbocycles. The minimum Gasteiger partial charge on any atom is -0.447 e. The van der Waals surface area contributed by atoms with Crippen LogP contribution in [0.25, 0.3) is 0 Å². The van der Waals surface area contributed by atoms with Crippen LogP contribution in [0.1, 0.15) is 47.5 Å². The van der Waals surface area contributed by atoms with Gasteiger partial charge in [-0.3, -0.25) is 0 Å². The van der Waals surface area contributed by atoms with Gasteiger partial charge in [0.15, 0.2) is 0 Å². The van der Waals surface area contributed by atoms with E-state index in [2.05, 4.69) is 20.8 Å². The minimum absolute atomic E-state index is 0.0261. The third-order valence-electron chi connectivity index (χ3n) is 3.86. The molecule has 0 N–H and O–H groups in total. The van der Waals surface area contributed by atoms with Crippen LogP contribution in [0.3, 0.4) is 0 Å². The Balaban J connectivity index is 2.60. The van der Waals surface area contributed by atoms with Gasteiger partial charge in [-0.15, -0.1) is 0 Å². The van der Waals surface area contributed by atoms with Crippen LogP contribution in [-0.2, 0) is 4.74 Å². The summed E-state index contributed by atoms with van der Waals surface area (Å²) in [4.78, 5) is 13.8. The SMILES string of the molecule is CCCC1CN(C(=O)OC(C)C)CC(C)C1C. The van der Waals surface area contributed by atoms with Crippen LogP contribution in [0.4, 0.5) is 4.79 Å². The Labute approximate surface area is 106 Å². The van der Waals surface area contributed by atoms with Gasteiger partial charge in [-0.05, 0) is 38.0 Å². The molecule has 0 aliphatic carbocycles. The predicted molar refractivity (Wildman–Crippen MR) is 69.9 cm³/mol. The second-order valence-electron chi connectivity index (χ2n) is 5.72. The zero-order chi connectivity index (χ0) is 13.0. The average molecular weight is 241 g/mol. The zero-order valence-corrected chi connectivity index (χ0v) is 11.9. The summed E-state index contributed by atoms with van der Waals surface area (Å²) in [5.74, 6) is 1.90. The van der Waals surface area contributed by atoms with E-state index in [4.69, 9.17) is 4.74 Å². The van der Waals surface area contributed by atoms with Crippen molar-refractivity contribution in [2.45, 2.75) is 53.6 Å². The van der Waals surface area contributed by atoms with Crippen molar-refractivity contribution in [3.05, 3.63) is 0 Å². The van der Waals surface area contributed by atoms with E-state index in [1.807, 2.05) is 18.7 Å². The summed E-state index contributed by atoms with van der Waals surface area (Å²) >= 11 is 0. The summed E-state index contributed by atoms with van der Waals surface area (Å²) in [5, 5.41) is 0. The van der Waals surface area contributed by atoms with Gasteiger partial charge >= 0.3 is 6.09 Å². The molecule has 1 heterocycles. The van der Waals surface area contributed by atoms with Gasteiger partial charge < -0.3 is 9.64 Å². The highest BCUT2D eigenvalue weighted by Crippen LogP contribution is 2.31. The first-order valence-corrected chi connectivity index (χ1v) is 6.91. The van der Waals surface area contributed by atoms with Crippen molar-refractivity contribution in [1.29, 1.82) is 0 Å².